The van der Waals surface area contributed by atoms with E-state index in [1.165, 1.54) is 26.5 Å². The van der Waals surface area contributed by atoms with Crippen LogP contribution >= 0.6 is 0 Å². The summed E-state index contributed by atoms with van der Waals surface area (Å²) in [5, 5.41) is 24.5. The first-order valence-electron chi connectivity index (χ1n) is 7.68. The molecule has 1 amide bonds. The van der Waals surface area contributed by atoms with Gasteiger partial charge in [-0.3, -0.25) is 4.79 Å². The van der Waals surface area contributed by atoms with Crippen molar-refractivity contribution < 1.29 is 19.4 Å². The third-order valence-electron chi connectivity index (χ3n) is 3.54. The molecule has 7 heteroatoms. The molecule has 0 aliphatic rings. The number of ether oxygens (including phenoxy) is 2. The van der Waals surface area contributed by atoms with Crippen LogP contribution in [-0.4, -0.2) is 25.2 Å². The zero-order valence-electron chi connectivity index (χ0n) is 14.7. The van der Waals surface area contributed by atoms with Gasteiger partial charge >= 0.3 is 0 Å². The van der Waals surface area contributed by atoms with E-state index in [1.807, 2.05) is 13.0 Å². The Hall–Kier alpha value is -3.66. The van der Waals surface area contributed by atoms with Crippen molar-refractivity contribution in [1.29, 1.82) is 5.26 Å². The van der Waals surface area contributed by atoms with E-state index in [2.05, 4.69) is 10.6 Å². The summed E-state index contributed by atoms with van der Waals surface area (Å²) in [5.74, 6) is 0.352. The maximum atomic E-state index is 12.4. The lowest BCUT2D eigenvalue weighted by Gasteiger charge is -2.11. The first-order chi connectivity index (χ1) is 12.5. The van der Waals surface area contributed by atoms with E-state index in [0.29, 0.717) is 22.9 Å². The number of nitriles is 1. The van der Waals surface area contributed by atoms with Gasteiger partial charge in [-0.15, -0.1) is 0 Å². The summed E-state index contributed by atoms with van der Waals surface area (Å²) >= 11 is 0. The van der Waals surface area contributed by atoms with Gasteiger partial charge in [-0.05, 0) is 36.8 Å². The molecule has 0 atom stereocenters. The summed E-state index contributed by atoms with van der Waals surface area (Å²) in [6.07, 6.45) is 1.23. The van der Waals surface area contributed by atoms with Gasteiger partial charge < -0.3 is 25.2 Å². The van der Waals surface area contributed by atoms with E-state index in [0.717, 1.165) is 5.56 Å². The molecule has 26 heavy (non-hydrogen) atoms. The number of aromatic hydroxyl groups is 1. The van der Waals surface area contributed by atoms with Crippen LogP contribution in [0.4, 0.5) is 11.4 Å². The van der Waals surface area contributed by atoms with Gasteiger partial charge in [0.05, 0.1) is 25.6 Å². The van der Waals surface area contributed by atoms with Crippen LogP contribution in [0.15, 0.2) is 48.2 Å². The van der Waals surface area contributed by atoms with Gasteiger partial charge in [-0.2, -0.15) is 5.26 Å². The van der Waals surface area contributed by atoms with Crippen LogP contribution in [0, 0.1) is 18.3 Å². The highest BCUT2D eigenvalue weighted by atomic mass is 16.5. The second-order valence-electron chi connectivity index (χ2n) is 5.36. The molecule has 0 unspecified atom stereocenters. The SMILES string of the molecule is COc1ccc(OC)c(NC(=O)/C(C#N)=C\Nc2cc(C)ccc2O)c1. The Labute approximate surface area is 151 Å². The van der Waals surface area contributed by atoms with Gasteiger partial charge in [0.15, 0.2) is 0 Å². The van der Waals surface area contributed by atoms with Gasteiger partial charge in [0.2, 0.25) is 0 Å². The number of hydrogen-bond donors (Lipinski definition) is 3. The minimum atomic E-state index is -0.626. The summed E-state index contributed by atoms with van der Waals surface area (Å²) in [5.41, 5.74) is 1.51. The minimum absolute atomic E-state index is 0.0130. The molecule has 0 spiro atoms. The van der Waals surface area contributed by atoms with Gasteiger partial charge in [-0.25, -0.2) is 0 Å². The molecule has 0 aromatic heterocycles. The van der Waals surface area contributed by atoms with E-state index < -0.39 is 5.91 Å². The Morgan fingerprint density at radius 2 is 1.92 bits per heavy atom. The maximum absolute atomic E-state index is 12.4. The minimum Gasteiger partial charge on any atom is -0.506 e. The molecule has 0 fully saturated rings. The number of nitrogens with zero attached hydrogens (tertiary/aromatic N) is 1. The number of aryl methyl sites for hydroxylation is 1. The number of carbonyl (C=O) groups is 1. The first kappa shape index (κ1) is 18.7. The number of benzene rings is 2. The fourth-order valence-corrected chi connectivity index (χ4v) is 2.17. The summed E-state index contributed by atoms with van der Waals surface area (Å²) < 4.78 is 10.3. The number of anilines is 2. The predicted octanol–water partition coefficient (Wildman–Crippen LogP) is 3.18. The van der Waals surface area contributed by atoms with Crippen molar-refractivity contribution in [2.75, 3.05) is 24.9 Å². The molecule has 2 aromatic rings. The maximum Gasteiger partial charge on any atom is 0.267 e. The molecule has 2 aromatic carbocycles. The van der Waals surface area contributed by atoms with Gasteiger partial charge in [-0.1, -0.05) is 6.07 Å². The quantitative estimate of drug-likeness (QED) is 0.419. The highest BCUT2D eigenvalue weighted by molar-refractivity contribution is 6.07. The van der Waals surface area contributed by atoms with Crippen molar-refractivity contribution in [2.24, 2.45) is 0 Å². The molecule has 0 aliphatic heterocycles. The van der Waals surface area contributed by atoms with Crippen molar-refractivity contribution in [1.82, 2.24) is 0 Å². The molecule has 0 bridgehead atoms. The zero-order chi connectivity index (χ0) is 19.1. The van der Waals surface area contributed by atoms with Gasteiger partial charge in [0.25, 0.3) is 5.91 Å². The highest BCUT2D eigenvalue weighted by Gasteiger charge is 2.13. The highest BCUT2D eigenvalue weighted by Crippen LogP contribution is 2.29. The van der Waals surface area contributed by atoms with Crippen LogP contribution in [0.2, 0.25) is 0 Å². The van der Waals surface area contributed by atoms with Crippen molar-refractivity contribution in [3.63, 3.8) is 0 Å². The van der Waals surface area contributed by atoms with Crippen LogP contribution in [-0.2, 0) is 4.79 Å². The Morgan fingerprint density at radius 1 is 1.15 bits per heavy atom. The predicted molar refractivity (Wildman–Crippen MR) is 98.3 cm³/mol. The number of nitrogens with one attached hydrogen (secondary N) is 2. The van der Waals surface area contributed by atoms with E-state index in [1.54, 1.807) is 30.3 Å². The number of carbonyl (C=O) groups excluding carboxylic acids is 1. The van der Waals surface area contributed by atoms with Crippen LogP contribution in [0.3, 0.4) is 0 Å². The number of rotatable bonds is 6. The lowest BCUT2D eigenvalue weighted by atomic mass is 10.2. The Kier molecular flexibility index (Phi) is 6.06. The summed E-state index contributed by atoms with van der Waals surface area (Å²) in [7, 11) is 2.98. The average molecular weight is 353 g/mol. The Balaban J connectivity index is 2.21. The molecular formula is C19H19N3O4. The Morgan fingerprint density at radius 3 is 2.58 bits per heavy atom. The largest absolute Gasteiger partial charge is 0.506 e. The van der Waals surface area contributed by atoms with E-state index >= 15 is 0 Å². The van der Waals surface area contributed by atoms with E-state index in [-0.39, 0.29) is 11.3 Å². The van der Waals surface area contributed by atoms with Crippen molar-refractivity contribution >= 4 is 17.3 Å². The lowest BCUT2D eigenvalue weighted by Crippen LogP contribution is -2.15. The number of methoxy groups -OCH3 is 2. The molecule has 0 heterocycles. The molecule has 0 saturated carbocycles. The summed E-state index contributed by atoms with van der Waals surface area (Å²) in [6.45, 7) is 1.86. The van der Waals surface area contributed by atoms with E-state index in [4.69, 9.17) is 9.47 Å². The Bertz CT molecular complexity index is 885. The molecule has 3 N–H and O–H groups in total. The normalized spacial score (nSPS) is 10.6. The second-order valence-corrected chi connectivity index (χ2v) is 5.36. The molecule has 2 rings (SSSR count). The van der Waals surface area contributed by atoms with Crippen molar-refractivity contribution in [2.45, 2.75) is 6.92 Å². The molecule has 0 aliphatic carbocycles. The monoisotopic (exact) mass is 353 g/mol. The number of phenols is 1. The fraction of sp³-hybridized carbons (Fsp3) is 0.158. The van der Waals surface area contributed by atoms with Crippen LogP contribution in [0.1, 0.15) is 5.56 Å². The van der Waals surface area contributed by atoms with Crippen molar-refractivity contribution in [3.8, 4) is 23.3 Å². The smallest absolute Gasteiger partial charge is 0.267 e. The molecule has 0 radical (unpaired) electrons. The number of amides is 1. The first-order valence-corrected chi connectivity index (χ1v) is 7.68. The zero-order valence-corrected chi connectivity index (χ0v) is 14.7. The standard InChI is InChI=1S/C19H19N3O4/c1-12-4-6-17(23)15(8-12)21-11-13(10-20)19(24)22-16-9-14(25-2)5-7-18(16)26-3/h4-9,11,21,23H,1-3H3,(H,22,24)/b13-11-. The summed E-state index contributed by atoms with van der Waals surface area (Å²) in [6, 6.07) is 11.7. The molecule has 134 valence electrons. The van der Waals surface area contributed by atoms with Crippen LogP contribution in [0.25, 0.3) is 0 Å². The van der Waals surface area contributed by atoms with Crippen molar-refractivity contribution in [3.05, 3.63) is 53.7 Å². The third-order valence-corrected chi connectivity index (χ3v) is 3.54. The summed E-state index contributed by atoms with van der Waals surface area (Å²) in [4.78, 5) is 12.4. The fourth-order valence-electron chi connectivity index (χ4n) is 2.17. The van der Waals surface area contributed by atoms with Gasteiger partial charge in [0.1, 0.15) is 28.9 Å². The topological polar surface area (TPSA) is 104 Å². The number of hydrogen-bond acceptors (Lipinski definition) is 6. The van der Waals surface area contributed by atoms with Gasteiger partial charge in [0, 0.05) is 12.3 Å². The molecular weight excluding hydrogens is 334 g/mol. The average Bonchev–Trinajstić information content (AvgIpc) is 2.64. The molecule has 0 saturated heterocycles. The van der Waals surface area contributed by atoms with Crippen LogP contribution < -0.4 is 20.1 Å². The molecule has 7 nitrogen and oxygen atoms in total. The van der Waals surface area contributed by atoms with E-state index in [9.17, 15) is 15.2 Å². The lowest BCUT2D eigenvalue weighted by molar-refractivity contribution is -0.112. The number of phenolic OH excluding ortho intramolecular Hbond substituents is 1. The second kappa shape index (κ2) is 8.44. The third kappa shape index (κ3) is 4.45. The van der Waals surface area contributed by atoms with Crippen LogP contribution in [0.5, 0.6) is 17.2 Å².